The molecular weight excluding hydrogens is 218 g/mol. The Bertz CT molecular complexity index is 413. The first kappa shape index (κ1) is 11.9. The number of hydrogen-bond donors (Lipinski definition) is 1. The molecule has 1 aromatic carbocycles. The van der Waals surface area contributed by atoms with E-state index in [2.05, 4.69) is 5.32 Å². The highest BCUT2D eigenvalue weighted by molar-refractivity contribution is 5.91. The van der Waals surface area contributed by atoms with E-state index in [-0.39, 0.29) is 5.97 Å². The molecule has 1 N–H and O–H groups in total. The van der Waals surface area contributed by atoms with Crippen LogP contribution < -0.4 is 10.1 Å². The fourth-order valence-corrected chi connectivity index (χ4v) is 1.71. The molecule has 0 aromatic heterocycles. The summed E-state index contributed by atoms with van der Waals surface area (Å²) in [6.45, 7) is 3.59. The van der Waals surface area contributed by atoms with Crippen LogP contribution in [0.2, 0.25) is 0 Å². The Morgan fingerprint density at radius 3 is 2.88 bits per heavy atom. The number of carbonyl (C=O) groups is 1. The molecule has 4 heteroatoms. The van der Waals surface area contributed by atoms with Crippen LogP contribution in [0.15, 0.2) is 18.2 Å². The Labute approximate surface area is 101 Å². The van der Waals surface area contributed by atoms with Gasteiger partial charge in [0.05, 0.1) is 12.7 Å². The van der Waals surface area contributed by atoms with E-state index >= 15 is 0 Å². The molecule has 0 aliphatic carbocycles. The number of methoxy groups -OCH3 is 1. The van der Waals surface area contributed by atoms with Gasteiger partial charge in [0.2, 0.25) is 0 Å². The molecule has 1 aromatic rings. The Hall–Kier alpha value is -1.55. The monoisotopic (exact) mass is 235 g/mol. The smallest absolute Gasteiger partial charge is 0.338 e. The molecule has 1 saturated heterocycles. The molecule has 1 fully saturated rings. The minimum Gasteiger partial charge on any atom is -0.492 e. The lowest BCUT2D eigenvalue weighted by atomic mass is 10.1. The van der Waals surface area contributed by atoms with Gasteiger partial charge in [0, 0.05) is 6.04 Å². The van der Waals surface area contributed by atoms with Crippen molar-refractivity contribution in [3.63, 3.8) is 0 Å². The van der Waals surface area contributed by atoms with Crippen molar-refractivity contribution in [3.05, 3.63) is 29.3 Å². The van der Waals surface area contributed by atoms with Crippen molar-refractivity contribution in [2.45, 2.75) is 19.4 Å². The molecule has 0 radical (unpaired) electrons. The zero-order valence-corrected chi connectivity index (χ0v) is 10.2. The molecule has 0 bridgehead atoms. The number of esters is 1. The lowest BCUT2D eigenvalue weighted by Crippen LogP contribution is -2.46. The highest BCUT2D eigenvalue weighted by atomic mass is 16.5. The predicted molar refractivity (Wildman–Crippen MR) is 64.4 cm³/mol. The Morgan fingerprint density at radius 1 is 1.53 bits per heavy atom. The molecule has 92 valence electrons. The van der Waals surface area contributed by atoms with Crippen LogP contribution in [0.5, 0.6) is 5.75 Å². The quantitative estimate of drug-likeness (QED) is 0.804. The van der Waals surface area contributed by atoms with Crippen molar-refractivity contribution in [1.82, 2.24) is 5.32 Å². The first-order valence-corrected chi connectivity index (χ1v) is 5.76. The Balaban J connectivity index is 2.04. The van der Waals surface area contributed by atoms with Gasteiger partial charge >= 0.3 is 5.97 Å². The van der Waals surface area contributed by atoms with Crippen molar-refractivity contribution in [3.8, 4) is 5.75 Å². The van der Waals surface area contributed by atoms with Crippen LogP contribution in [0.1, 0.15) is 22.3 Å². The third kappa shape index (κ3) is 2.77. The van der Waals surface area contributed by atoms with Gasteiger partial charge in [0.1, 0.15) is 12.4 Å². The third-order valence-corrected chi connectivity index (χ3v) is 2.99. The molecule has 0 spiro atoms. The highest BCUT2D eigenvalue weighted by Crippen LogP contribution is 2.19. The van der Waals surface area contributed by atoms with E-state index in [0.29, 0.717) is 24.0 Å². The van der Waals surface area contributed by atoms with Crippen molar-refractivity contribution in [2.24, 2.45) is 0 Å². The fraction of sp³-hybridized carbons (Fsp3) is 0.462. The normalized spacial score (nSPS) is 18.4. The average Bonchev–Trinajstić information content (AvgIpc) is 2.28. The number of hydrogen-bond acceptors (Lipinski definition) is 4. The number of rotatable bonds is 4. The summed E-state index contributed by atoms with van der Waals surface area (Å²) in [6, 6.07) is 5.92. The van der Waals surface area contributed by atoms with E-state index in [1.165, 1.54) is 7.11 Å². The van der Waals surface area contributed by atoms with Crippen molar-refractivity contribution < 1.29 is 14.3 Å². The summed E-state index contributed by atoms with van der Waals surface area (Å²) < 4.78 is 10.4. The van der Waals surface area contributed by atoms with Gasteiger partial charge in [-0.1, -0.05) is 6.07 Å². The molecule has 2 rings (SSSR count). The van der Waals surface area contributed by atoms with E-state index in [1.807, 2.05) is 19.1 Å². The molecular formula is C13H17NO3. The molecule has 0 saturated carbocycles. The van der Waals surface area contributed by atoms with Crippen LogP contribution in [0.3, 0.4) is 0 Å². The van der Waals surface area contributed by atoms with Gasteiger partial charge < -0.3 is 14.8 Å². The van der Waals surface area contributed by atoms with Gasteiger partial charge in [0.25, 0.3) is 0 Å². The third-order valence-electron chi connectivity index (χ3n) is 2.99. The number of ether oxygens (including phenoxy) is 2. The molecule has 1 heterocycles. The van der Waals surface area contributed by atoms with Crippen LogP contribution in [0, 0.1) is 6.92 Å². The van der Waals surface area contributed by atoms with E-state index in [1.54, 1.807) is 6.07 Å². The summed E-state index contributed by atoms with van der Waals surface area (Å²) in [4.78, 5) is 11.5. The molecule has 4 nitrogen and oxygen atoms in total. The largest absolute Gasteiger partial charge is 0.492 e. The van der Waals surface area contributed by atoms with Crippen molar-refractivity contribution >= 4 is 5.97 Å². The van der Waals surface area contributed by atoms with Crippen LogP contribution in [0.25, 0.3) is 0 Å². The standard InChI is InChI=1S/C13H17NO3/c1-9-3-4-11(7-12(9)13(15)16-2)17-8-10-5-6-14-10/h3-4,7,10,14H,5-6,8H2,1-2H3. The van der Waals surface area contributed by atoms with Crippen LogP contribution in [-0.2, 0) is 4.74 Å². The van der Waals surface area contributed by atoms with Crippen molar-refractivity contribution in [1.29, 1.82) is 0 Å². The van der Waals surface area contributed by atoms with Gasteiger partial charge in [-0.25, -0.2) is 4.79 Å². The highest BCUT2D eigenvalue weighted by Gasteiger charge is 2.17. The first-order chi connectivity index (χ1) is 8.20. The lowest BCUT2D eigenvalue weighted by Gasteiger charge is -2.27. The van der Waals surface area contributed by atoms with Gasteiger partial charge in [0.15, 0.2) is 0 Å². The van der Waals surface area contributed by atoms with Gasteiger partial charge in [-0.15, -0.1) is 0 Å². The molecule has 0 amide bonds. The zero-order chi connectivity index (χ0) is 12.3. The molecule has 17 heavy (non-hydrogen) atoms. The van der Waals surface area contributed by atoms with E-state index in [0.717, 1.165) is 18.5 Å². The first-order valence-electron chi connectivity index (χ1n) is 5.76. The number of carbonyl (C=O) groups excluding carboxylic acids is 1. The summed E-state index contributed by atoms with van der Waals surface area (Å²) in [5.41, 5.74) is 1.46. The maximum Gasteiger partial charge on any atom is 0.338 e. The van der Waals surface area contributed by atoms with E-state index in [4.69, 9.17) is 9.47 Å². The summed E-state index contributed by atoms with van der Waals surface area (Å²) in [5, 5.41) is 3.26. The molecule has 1 aliphatic rings. The number of nitrogens with one attached hydrogen (secondary N) is 1. The van der Waals surface area contributed by atoms with Gasteiger partial charge in [-0.3, -0.25) is 0 Å². The summed E-state index contributed by atoms with van der Waals surface area (Å²) >= 11 is 0. The van der Waals surface area contributed by atoms with E-state index < -0.39 is 0 Å². The fourth-order valence-electron chi connectivity index (χ4n) is 1.71. The molecule has 1 atom stereocenters. The second-order valence-electron chi connectivity index (χ2n) is 4.22. The summed E-state index contributed by atoms with van der Waals surface area (Å²) in [5.74, 6) is 0.388. The van der Waals surface area contributed by atoms with E-state index in [9.17, 15) is 4.79 Å². The zero-order valence-electron chi connectivity index (χ0n) is 10.2. The lowest BCUT2D eigenvalue weighted by molar-refractivity contribution is 0.0599. The van der Waals surface area contributed by atoms with Gasteiger partial charge in [-0.2, -0.15) is 0 Å². The number of aryl methyl sites for hydroxylation is 1. The van der Waals surface area contributed by atoms with Gasteiger partial charge in [-0.05, 0) is 37.6 Å². The van der Waals surface area contributed by atoms with Crippen LogP contribution >= 0.6 is 0 Å². The van der Waals surface area contributed by atoms with Crippen LogP contribution in [0.4, 0.5) is 0 Å². The minimum atomic E-state index is -0.324. The summed E-state index contributed by atoms with van der Waals surface area (Å²) in [7, 11) is 1.38. The second-order valence-corrected chi connectivity index (χ2v) is 4.22. The number of benzene rings is 1. The molecule has 1 unspecified atom stereocenters. The maximum absolute atomic E-state index is 11.5. The molecule has 1 aliphatic heterocycles. The topological polar surface area (TPSA) is 47.6 Å². The summed E-state index contributed by atoms with van der Waals surface area (Å²) in [6.07, 6.45) is 1.15. The predicted octanol–water partition coefficient (Wildman–Crippen LogP) is 1.52. The maximum atomic E-state index is 11.5. The SMILES string of the molecule is COC(=O)c1cc(OCC2CCN2)ccc1C. The minimum absolute atomic E-state index is 0.324. The average molecular weight is 235 g/mol. The Kier molecular flexibility index (Phi) is 3.64. The van der Waals surface area contributed by atoms with Crippen LogP contribution in [-0.4, -0.2) is 32.3 Å². The second kappa shape index (κ2) is 5.19. The van der Waals surface area contributed by atoms with Crippen molar-refractivity contribution in [2.75, 3.05) is 20.3 Å². The Morgan fingerprint density at radius 2 is 2.29 bits per heavy atom.